The number of carboxylic acid groups (broad SMARTS) is 1. The Morgan fingerprint density at radius 2 is 1.76 bits per heavy atom. The number of β-amino-alcohol motifs (C(OH)–C–C–N with tert-alkyl or cyclic N) is 1. The average molecular weight is 263 g/mol. The smallest absolute Gasteiger partial charge is 0.321 e. The van der Waals surface area contributed by atoms with Crippen molar-refractivity contribution in [1.29, 1.82) is 0 Å². The van der Waals surface area contributed by atoms with E-state index in [1.165, 1.54) is 4.67 Å². The van der Waals surface area contributed by atoms with Crippen molar-refractivity contribution in [3.8, 4) is 0 Å². The van der Waals surface area contributed by atoms with Crippen molar-refractivity contribution in [2.24, 2.45) is 0 Å². The van der Waals surface area contributed by atoms with Crippen molar-refractivity contribution in [2.75, 3.05) is 6.54 Å². The van der Waals surface area contributed by atoms with E-state index >= 15 is 0 Å². The molecule has 0 aromatic heterocycles. The summed E-state index contributed by atoms with van der Waals surface area (Å²) in [5.41, 5.74) is -0.204. The van der Waals surface area contributed by atoms with Gasteiger partial charge in [0.2, 0.25) is 0 Å². The van der Waals surface area contributed by atoms with Crippen molar-refractivity contribution >= 4 is 13.3 Å². The minimum absolute atomic E-state index is 0.102. The molecule has 0 aromatic rings. The van der Waals surface area contributed by atoms with E-state index in [4.69, 9.17) is 5.11 Å². The van der Waals surface area contributed by atoms with Crippen LogP contribution in [0.1, 0.15) is 34.1 Å². The first kappa shape index (κ1) is 14.7. The van der Waals surface area contributed by atoms with Crippen LogP contribution in [0.25, 0.3) is 0 Å². The van der Waals surface area contributed by atoms with Gasteiger partial charge in [-0.25, -0.2) is 4.67 Å². The highest BCUT2D eigenvalue weighted by Crippen LogP contribution is 2.60. The third-order valence-electron chi connectivity index (χ3n) is 3.42. The Kier molecular flexibility index (Phi) is 4.39. The number of nitrogens with zero attached hydrogens (tertiary/aromatic N) is 1. The zero-order valence-corrected chi connectivity index (χ0v) is 11.7. The second kappa shape index (κ2) is 5.09. The normalized spacial score (nSPS) is 27.0. The summed E-state index contributed by atoms with van der Waals surface area (Å²) in [4.78, 5) is 11.2. The van der Waals surface area contributed by atoms with Crippen LogP contribution in [0, 0.1) is 0 Å². The molecule has 1 aliphatic rings. The van der Waals surface area contributed by atoms with E-state index in [1.807, 2.05) is 27.7 Å². The minimum atomic E-state index is -2.77. The summed E-state index contributed by atoms with van der Waals surface area (Å²) in [7, 11) is -2.77. The molecule has 0 spiro atoms. The monoisotopic (exact) mass is 263 g/mol. The van der Waals surface area contributed by atoms with Crippen LogP contribution in [-0.4, -0.2) is 50.9 Å². The molecule has 2 N–H and O–H groups in total. The largest absolute Gasteiger partial charge is 0.480 e. The van der Waals surface area contributed by atoms with Crippen LogP contribution < -0.4 is 0 Å². The fourth-order valence-electron chi connectivity index (χ4n) is 2.56. The van der Waals surface area contributed by atoms with E-state index in [0.717, 1.165) is 0 Å². The van der Waals surface area contributed by atoms with Gasteiger partial charge in [0.05, 0.1) is 6.10 Å². The van der Waals surface area contributed by atoms with E-state index in [1.54, 1.807) is 0 Å². The summed E-state index contributed by atoms with van der Waals surface area (Å²) in [6, 6.07) is -0.819. The zero-order valence-electron chi connectivity index (χ0n) is 10.8. The summed E-state index contributed by atoms with van der Waals surface area (Å²) in [6.45, 7) is 7.61. The fraction of sp³-hybridized carbons (Fsp3) is 0.909. The Morgan fingerprint density at radius 1 is 1.29 bits per heavy atom. The summed E-state index contributed by atoms with van der Waals surface area (Å²) in [6.07, 6.45) is -0.527. The summed E-state index contributed by atoms with van der Waals surface area (Å²) in [5, 5.41) is 18.8. The molecule has 6 heteroatoms. The molecule has 1 heterocycles. The zero-order chi connectivity index (χ0) is 13.4. The van der Waals surface area contributed by atoms with Crippen LogP contribution in [0.5, 0.6) is 0 Å². The number of carbonyl (C=O) groups is 1. The lowest BCUT2D eigenvalue weighted by atomic mass is 10.2. The van der Waals surface area contributed by atoms with E-state index in [0.29, 0.717) is 0 Å². The van der Waals surface area contributed by atoms with E-state index < -0.39 is 25.4 Å². The summed E-state index contributed by atoms with van der Waals surface area (Å²) >= 11 is 0. The molecule has 2 atom stereocenters. The lowest BCUT2D eigenvalue weighted by Crippen LogP contribution is -2.37. The molecule has 1 saturated heterocycles. The quantitative estimate of drug-likeness (QED) is 0.753. The van der Waals surface area contributed by atoms with E-state index in [9.17, 15) is 14.5 Å². The van der Waals surface area contributed by atoms with Crippen LogP contribution in [0.15, 0.2) is 0 Å². The number of carboxylic acids is 1. The van der Waals surface area contributed by atoms with Crippen LogP contribution in [0.3, 0.4) is 0 Å². The molecule has 1 aliphatic heterocycles. The van der Waals surface area contributed by atoms with Gasteiger partial charge >= 0.3 is 5.97 Å². The highest BCUT2D eigenvalue weighted by molar-refractivity contribution is 7.63. The molecule has 0 aromatic carbocycles. The van der Waals surface area contributed by atoms with Gasteiger partial charge in [0, 0.05) is 24.3 Å². The van der Waals surface area contributed by atoms with Crippen molar-refractivity contribution in [2.45, 2.75) is 57.6 Å². The molecular weight excluding hydrogens is 241 g/mol. The summed E-state index contributed by atoms with van der Waals surface area (Å²) < 4.78 is 14.6. The molecule has 0 radical (unpaired) electrons. The Labute approximate surface area is 102 Å². The van der Waals surface area contributed by atoms with Crippen LogP contribution in [-0.2, 0) is 9.36 Å². The number of hydrogen-bond acceptors (Lipinski definition) is 3. The van der Waals surface area contributed by atoms with E-state index in [2.05, 4.69) is 0 Å². The first-order valence-electron chi connectivity index (χ1n) is 5.98. The van der Waals surface area contributed by atoms with E-state index in [-0.39, 0.29) is 24.3 Å². The first-order chi connectivity index (χ1) is 7.71. The number of aliphatic hydroxyl groups is 1. The lowest BCUT2D eigenvalue weighted by Gasteiger charge is -2.36. The van der Waals surface area contributed by atoms with Gasteiger partial charge in [-0.05, 0) is 0 Å². The Bertz CT molecular complexity index is 330. The third kappa shape index (κ3) is 2.56. The summed E-state index contributed by atoms with van der Waals surface area (Å²) in [5.74, 6) is -0.997. The standard InChI is InChI=1S/C11H22NO4P/c1-7(2)17(16,8(3)4)12-6-9(13)5-10(12)11(14)15/h7-10,13H,5-6H2,1-4H3,(H,14,15)/t9?,10-/m0/s1. The van der Waals surface area contributed by atoms with Crippen molar-refractivity contribution in [3.05, 3.63) is 0 Å². The van der Waals surface area contributed by atoms with Gasteiger partial charge in [-0.15, -0.1) is 0 Å². The highest BCUT2D eigenvalue weighted by atomic mass is 31.2. The molecule has 1 unspecified atom stereocenters. The molecule has 0 saturated carbocycles. The molecule has 5 nitrogen and oxygen atoms in total. The minimum Gasteiger partial charge on any atom is -0.480 e. The lowest BCUT2D eigenvalue weighted by molar-refractivity contribution is -0.140. The maximum absolute atomic E-state index is 13.0. The Morgan fingerprint density at radius 3 is 2.12 bits per heavy atom. The van der Waals surface area contributed by atoms with Crippen LogP contribution >= 0.6 is 7.29 Å². The van der Waals surface area contributed by atoms with Gasteiger partial charge in [0.25, 0.3) is 0 Å². The van der Waals surface area contributed by atoms with Gasteiger partial charge < -0.3 is 14.8 Å². The van der Waals surface area contributed by atoms with Gasteiger partial charge in [0.15, 0.2) is 7.29 Å². The van der Waals surface area contributed by atoms with Crippen LogP contribution in [0.4, 0.5) is 0 Å². The molecule has 17 heavy (non-hydrogen) atoms. The van der Waals surface area contributed by atoms with Crippen LogP contribution in [0.2, 0.25) is 0 Å². The van der Waals surface area contributed by atoms with Gasteiger partial charge in [-0.2, -0.15) is 0 Å². The molecule has 0 amide bonds. The molecule has 100 valence electrons. The number of hydrogen-bond donors (Lipinski definition) is 2. The fourth-order valence-corrected chi connectivity index (χ4v) is 6.01. The molecular formula is C11H22NO4P. The van der Waals surface area contributed by atoms with Crippen molar-refractivity contribution in [1.82, 2.24) is 4.67 Å². The molecule has 0 aliphatic carbocycles. The first-order valence-corrected chi connectivity index (χ1v) is 7.78. The third-order valence-corrected chi connectivity index (χ3v) is 7.62. The average Bonchev–Trinajstić information content (AvgIpc) is 2.58. The van der Waals surface area contributed by atoms with Crippen molar-refractivity contribution < 1.29 is 19.6 Å². The molecule has 1 fully saturated rings. The number of aliphatic hydroxyl groups excluding tert-OH is 1. The second-order valence-electron chi connectivity index (χ2n) is 5.23. The van der Waals surface area contributed by atoms with Gasteiger partial charge in [-0.3, -0.25) is 4.79 Å². The SMILES string of the molecule is CC(C)P(=O)(C(C)C)N1CC(O)C[C@H]1C(=O)O. The van der Waals surface area contributed by atoms with Crippen molar-refractivity contribution in [3.63, 3.8) is 0 Å². The Hall–Kier alpha value is -0.380. The maximum atomic E-state index is 13.0. The van der Waals surface area contributed by atoms with Gasteiger partial charge in [-0.1, -0.05) is 27.7 Å². The number of aliphatic carboxylic acids is 1. The molecule has 1 rings (SSSR count). The maximum Gasteiger partial charge on any atom is 0.321 e. The topological polar surface area (TPSA) is 77.8 Å². The van der Waals surface area contributed by atoms with Gasteiger partial charge in [0.1, 0.15) is 6.04 Å². The highest BCUT2D eigenvalue weighted by Gasteiger charge is 2.48. The molecule has 0 bridgehead atoms. The Balaban J connectivity index is 3.11. The predicted octanol–water partition coefficient (Wildman–Crippen LogP) is 1.60. The predicted molar refractivity (Wildman–Crippen MR) is 66.6 cm³/mol. The second-order valence-corrected chi connectivity index (χ2v) is 9.15. The number of rotatable bonds is 4.